The van der Waals surface area contributed by atoms with Crippen LogP contribution in [0.4, 0.5) is 0 Å². The first kappa shape index (κ1) is 15.3. The highest BCUT2D eigenvalue weighted by Crippen LogP contribution is 2.16. The molecule has 0 spiro atoms. The molecule has 2 amide bonds. The number of nitrogens with zero attached hydrogens (tertiary/aromatic N) is 1. The highest BCUT2D eigenvalue weighted by atomic mass is 16.5. The molecular formula is C15H26N2O3. The van der Waals surface area contributed by atoms with Gasteiger partial charge in [-0.15, -0.1) is 0 Å². The Bertz CT molecular complexity index is 327. The Morgan fingerprint density at radius 1 is 1.40 bits per heavy atom. The molecule has 0 saturated carbocycles. The summed E-state index contributed by atoms with van der Waals surface area (Å²) >= 11 is 0. The molecule has 0 aliphatic carbocycles. The van der Waals surface area contributed by atoms with Crippen LogP contribution in [0.3, 0.4) is 0 Å². The fraction of sp³-hybridized carbons (Fsp3) is 0.867. The summed E-state index contributed by atoms with van der Waals surface area (Å²) in [5.74, 6) is 0.947. The Morgan fingerprint density at radius 3 is 3.00 bits per heavy atom. The molecule has 0 aromatic carbocycles. The molecule has 20 heavy (non-hydrogen) atoms. The molecule has 1 atom stereocenters. The zero-order chi connectivity index (χ0) is 14.2. The molecule has 114 valence electrons. The van der Waals surface area contributed by atoms with Crippen molar-refractivity contribution < 1.29 is 14.3 Å². The van der Waals surface area contributed by atoms with Crippen molar-refractivity contribution in [2.75, 3.05) is 32.8 Å². The summed E-state index contributed by atoms with van der Waals surface area (Å²) in [6.45, 7) is 4.06. The van der Waals surface area contributed by atoms with Crippen LogP contribution >= 0.6 is 0 Å². The van der Waals surface area contributed by atoms with Crippen molar-refractivity contribution >= 4 is 11.8 Å². The number of amides is 2. The number of likely N-dealkylation sites (tertiary alicyclic amines) is 1. The maximum atomic E-state index is 11.7. The van der Waals surface area contributed by atoms with E-state index in [4.69, 9.17) is 4.74 Å². The van der Waals surface area contributed by atoms with E-state index in [0.717, 1.165) is 58.5 Å². The van der Waals surface area contributed by atoms with Crippen molar-refractivity contribution in [1.29, 1.82) is 0 Å². The zero-order valence-electron chi connectivity index (χ0n) is 12.2. The molecule has 2 aliphatic heterocycles. The van der Waals surface area contributed by atoms with Crippen molar-refractivity contribution in [3.05, 3.63) is 0 Å². The lowest BCUT2D eigenvalue weighted by Crippen LogP contribution is -2.30. The number of hydrogen-bond donors (Lipinski definition) is 1. The molecule has 0 bridgehead atoms. The molecule has 2 fully saturated rings. The fourth-order valence-corrected chi connectivity index (χ4v) is 2.91. The van der Waals surface area contributed by atoms with E-state index in [2.05, 4.69) is 5.32 Å². The van der Waals surface area contributed by atoms with Crippen LogP contribution in [0.1, 0.15) is 44.9 Å². The first-order valence-electron chi connectivity index (χ1n) is 7.88. The van der Waals surface area contributed by atoms with E-state index in [1.54, 1.807) is 0 Å². The monoisotopic (exact) mass is 282 g/mol. The quantitative estimate of drug-likeness (QED) is 0.766. The Kier molecular flexibility index (Phi) is 6.30. The van der Waals surface area contributed by atoms with Gasteiger partial charge in [0.2, 0.25) is 11.8 Å². The number of hydrogen-bond acceptors (Lipinski definition) is 3. The second kappa shape index (κ2) is 8.25. The SMILES string of the molecule is O=C(CCCN1CCCC1=O)NCC[C@@H]1CCCOC1. The fourth-order valence-electron chi connectivity index (χ4n) is 2.91. The molecule has 0 unspecified atom stereocenters. The van der Waals surface area contributed by atoms with Crippen molar-refractivity contribution in [2.24, 2.45) is 5.92 Å². The van der Waals surface area contributed by atoms with Gasteiger partial charge in [0.05, 0.1) is 0 Å². The van der Waals surface area contributed by atoms with E-state index in [-0.39, 0.29) is 11.8 Å². The van der Waals surface area contributed by atoms with Gasteiger partial charge >= 0.3 is 0 Å². The molecule has 2 saturated heterocycles. The third-order valence-corrected chi connectivity index (χ3v) is 4.13. The maximum absolute atomic E-state index is 11.7. The average molecular weight is 282 g/mol. The van der Waals surface area contributed by atoms with Crippen LogP contribution in [0.2, 0.25) is 0 Å². The number of nitrogens with one attached hydrogen (secondary N) is 1. The number of carbonyl (C=O) groups excluding carboxylic acids is 2. The van der Waals surface area contributed by atoms with Gasteiger partial charge in [0.25, 0.3) is 0 Å². The van der Waals surface area contributed by atoms with Gasteiger partial charge in [0.1, 0.15) is 0 Å². The van der Waals surface area contributed by atoms with Gasteiger partial charge < -0.3 is 15.0 Å². The molecule has 2 aliphatic rings. The lowest BCUT2D eigenvalue weighted by molar-refractivity contribution is -0.128. The van der Waals surface area contributed by atoms with Gasteiger partial charge in [-0.2, -0.15) is 0 Å². The van der Waals surface area contributed by atoms with Crippen molar-refractivity contribution in [3.63, 3.8) is 0 Å². The largest absolute Gasteiger partial charge is 0.381 e. The second-order valence-electron chi connectivity index (χ2n) is 5.81. The summed E-state index contributed by atoms with van der Waals surface area (Å²) in [6, 6.07) is 0. The average Bonchev–Trinajstić information content (AvgIpc) is 2.86. The third kappa shape index (κ3) is 5.12. The predicted octanol–water partition coefficient (Wildman–Crippen LogP) is 1.32. The number of rotatable bonds is 7. The minimum absolute atomic E-state index is 0.105. The Balaban J connectivity index is 1.48. The lowest BCUT2D eigenvalue weighted by Gasteiger charge is -2.22. The van der Waals surface area contributed by atoms with Crippen LogP contribution in [-0.4, -0.2) is 49.6 Å². The Hall–Kier alpha value is -1.10. The number of carbonyl (C=O) groups is 2. The molecule has 0 aromatic rings. The van der Waals surface area contributed by atoms with Crippen LogP contribution in [-0.2, 0) is 14.3 Å². The van der Waals surface area contributed by atoms with E-state index < -0.39 is 0 Å². The highest BCUT2D eigenvalue weighted by Gasteiger charge is 2.19. The summed E-state index contributed by atoms with van der Waals surface area (Å²) < 4.78 is 5.42. The third-order valence-electron chi connectivity index (χ3n) is 4.13. The summed E-state index contributed by atoms with van der Waals surface area (Å²) in [7, 11) is 0. The van der Waals surface area contributed by atoms with E-state index in [9.17, 15) is 9.59 Å². The standard InChI is InChI=1S/C15H26N2O3/c18-14(5-1-9-17-10-2-6-15(17)19)16-8-7-13-4-3-11-20-12-13/h13H,1-12H2,(H,16,18)/t13-/m0/s1. The van der Waals surface area contributed by atoms with Crippen molar-refractivity contribution in [2.45, 2.75) is 44.9 Å². The topological polar surface area (TPSA) is 58.6 Å². The molecule has 5 heteroatoms. The van der Waals surface area contributed by atoms with E-state index in [1.165, 1.54) is 6.42 Å². The van der Waals surface area contributed by atoms with Gasteiger partial charge in [0.15, 0.2) is 0 Å². The first-order valence-corrected chi connectivity index (χ1v) is 7.88. The normalized spacial score (nSPS) is 23.1. The van der Waals surface area contributed by atoms with Crippen LogP contribution in [0, 0.1) is 5.92 Å². The maximum Gasteiger partial charge on any atom is 0.222 e. The Labute approximate surface area is 121 Å². The minimum atomic E-state index is 0.105. The van der Waals surface area contributed by atoms with Crippen molar-refractivity contribution in [3.8, 4) is 0 Å². The van der Waals surface area contributed by atoms with Crippen LogP contribution in [0.15, 0.2) is 0 Å². The minimum Gasteiger partial charge on any atom is -0.381 e. The first-order chi connectivity index (χ1) is 9.75. The smallest absolute Gasteiger partial charge is 0.222 e. The van der Waals surface area contributed by atoms with E-state index >= 15 is 0 Å². The lowest BCUT2D eigenvalue weighted by atomic mass is 9.99. The molecule has 2 rings (SSSR count). The molecule has 1 N–H and O–H groups in total. The second-order valence-corrected chi connectivity index (χ2v) is 5.81. The van der Waals surface area contributed by atoms with Crippen molar-refractivity contribution in [1.82, 2.24) is 10.2 Å². The molecule has 5 nitrogen and oxygen atoms in total. The van der Waals surface area contributed by atoms with Gasteiger partial charge in [-0.1, -0.05) is 0 Å². The van der Waals surface area contributed by atoms with Gasteiger partial charge in [-0.05, 0) is 38.0 Å². The van der Waals surface area contributed by atoms with E-state index in [1.807, 2.05) is 4.90 Å². The number of ether oxygens (including phenoxy) is 1. The summed E-state index contributed by atoms with van der Waals surface area (Å²) in [5, 5.41) is 2.97. The summed E-state index contributed by atoms with van der Waals surface area (Å²) in [6.07, 6.45) is 6.30. The van der Waals surface area contributed by atoms with Crippen LogP contribution < -0.4 is 5.32 Å². The zero-order valence-corrected chi connectivity index (χ0v) is 12.2. The van der Waals surface area contributed by atoms with E-state index in [0.29, 0.717) is 18.8 Å². The van der Waals surface area contributed by atoms with Crippen LogP contribution in [0.25, 0.3) is 0 Å². The van der Waals surface area contributed by atoms with Crippen LogP contribution in [0.5, 0.6) is 0 Å². The van der Waals surface area contributed by atoms with Gasteiger partial charge in [-0.3, -0.25) is 9.59 Å². The summed E-state index contributed by atoms with van der Waals surface area (Å²) in [4.78, 5) is 25.0. The molecular weight excluding hydrogens is 256 g/mol. The molecule has 0 radical (unpaired) electrons. The van der Waals surface area contributed by atoms with Gasteiger partial charge in [-0.25, -0.2) is 0 Å². The predicted molar refractivity (Wildman–Crippen MR) is 76.2 cm³/mol. The highest BCUT2D eigenvalue weighted by molar-refractivity contribution is 5.78. The van der Waals surface area contributed by atoms with Gasteiger partial charge in [0, 0.05) is 45.7 Å². The Morgan fingerprint density at radius 2 is 2.30 bits per heavy atom. The molecule has 0 aromatic heterocycles. The molecule has 2 heterocycles. The summed E-state index contributed by atoms with van der Waals surface area (Å²) in [5.41, 5.74) is 0.